The van der Waals surface area contributed by atoms with Crippen LogP contribution in [0.3, 0.4) is 0 Å². The minimum Gasteiger partial charge on any atom is -0.497 e. The minimum atomic E-state index is -0.566. The molecule has 40 heavy (non-hydrogen) atoms. The Kier molecular flexibility index (Phi) is 5.92. The monoisotopic (exact) mass is 534 g/mol. The van der Waals surface area contributed by atoms with Gasteiger partial charge in [-0.25, -0.2) is 18.7 Å². The Morgan fingerprint density at radius 2 is 0.900 bits per heavy atom. The molecule has 0 spiro atoms. The van der Waals surface area contributed by atoms with Gasteiger partial charge < -0.3 is 19.4 Å². The summed E-state index contributed by atoms with van der Waals surface area (Å²) < 4.78 is 12.5. The Bertz CT molecular complexity index is 2000. The smallest absolute Gasteiger partial charge is 0.333 e. The molecule has 10 heteroatoms. The summed E-state index contributed by atoms with van der Waals surface area (Å²) in [5, 5.41) is 0.593. The van der Waals surface area contributed by atoms with E-state index in [0.717, 1.165) is 9.13 Å². The predicted octanol–water partition coefficient (Wildman–Crippen LogP) is 3.36. The van der Waals surface area contributed by atoms with Gasteiger partial charge in [-0.3, -0.25) is 9.59 Å². The van der Waals surface area contributed by atoms with Crippen LogP contribution in [0, 0.1) is 0 Å². The van der Waals surface area contributed by atoms with Crippen LogP contribution in [0.5, 0.6) is 11.5 Å². The van der Waals surface area contributed by atoms with Gasteiger partial charge in [0.2, 0.25) is 0 Å². The number of rotatable bonds is 5. The molecule has 0 bridgehead atoms. The van der Waals surface area contributed by atoms with E-state index in [1.54, 1.807) is 84.9 Å². The third-order valence-corrected chi connectivity index (χ3v) is 6.79. The van der Waals surface area contributed by atoms with Crippen molar-refractivity contribution in [2.75, 3.05) is 14.2 Å². The Morgan fingerprint density at radius 3 is 1.25 bits per heavy atom. The van der Waals surface area contributed by atoms with Crippen molar-refractivity contribution < 1.29 is 9.47 Å². The highest BCUT2D eigenvalue weighted by Gasteiger charge is 2.14. The summed E-state index contributed by atoms with van der Waals surface area (Å²) >= 11 is 0. The van der Waals surface area contributed by atoms with Crippen molar-refractivity contribution in [3.05, 3.63) is 127 Å². The SMILES string of the molecule is COc1ccc(-n2c(=O)[nH]c3ccc(-c4ccc5[nH]c(=O)n(-c6ccc(OC)cc6)c(=O)c5c4)cc3c2=O)cc1. The van der Waals surface area contributed by atoms with Crippen molar-refractivity contribution in [3.63, 3.8) is 0 Å². The first-order valence-electron chi connectivity index (χ1n) is 12.3. The van der Waals surface area contributed by atoms with E-state index in [0.29, 0.717) is 55.8 Å². The topological polar surface area (TPSA) is 128 Å². The van der Waals surface area contributed by atoms with E-state index in [4.69, 9.17) is 9.47 Å². The van der Waals surface area contributed by atoms with E-state index in [2.05, 4.69) is 9.97 Å². The number of hydrogen-bond donors (Lipinski definition) is 2. The molecule has 0 aliphatic heterocycles. The Hall–Kier alpha value is -5.64. The molecule has 6 rings (SSSR count). The van der Waals surface area contributed by atoms with Crippen LogP contribution in [0.15, 0.2) is 104 Å². The molecular formula is C30H22N4O6. The maximum atomic E-state index is 13.4. The van der Waals surface area contributed by atoms with Crippen molar-refractivity contribution >= 4 is 21.8 Å². The lowest BCUT2D eigenvalue weighted by Crippen LogP contribution is -2.33. The fourth-order valence-corrected chi connectivity index (χ4v) is 4.72. The van der Waals surface area contributed by atoms with E-state index in [1.807, 2.05) is 0 Å². The molecule has 2 aromatic heterocycles. The van der Waals surface area contributed by atoms with Gasteiger partial charge in [-0.05, 0) is 83.9 Å². The van der Waals surface area contributed by atoms with E-state index in [-0.39, 0.29) is 0 Å². The molecule has 0 saturated heterocycles. The Morgan fingerprint density at radius 1 is 0.525 bits per heavy atom. The van der Waals surface area contributed by atoms with Crippen LogP contribution >= 0.6 is 0 Å². The molecule has 0 fully saturated rings. The lowest BCUT2D eigenvalue weighted by Gasteiger charge is -2.10. The number of benzene rings is 4. The van der Waals surface area contributed by atoms with E-state index in [1.165, 1.54) is 14.2 Å². The van der Waals surface area contributed by atoms with E-state index >= 15 is 0 Å². The third kappa shape index (κ3) is 4.08. The zero-order valence-electron chi connectivity index (χ0n) is 21.4. The van der Waals surface area contributed by atoms with Crippen LogP contribution in [0.2, 0.25) is 0 Å². The quantitative estimate of drug-likeness (QED) is 0.349. The zero-order valence-corrected chi connectivity index (χ0v) is 21.4. The third-order valence-electron chi connectivity index (χ3n) is 6.79. The molecule has 198 valence electrons. The first-order chi connectivity index (χ1) is 19.4. The molecule has 10 nitrogen and oxygen atoms in total. The maximum absolute atomic E-state index is 13.4. The average Bonchev–Trinajstić information content (AvgIpc) is 2.97. The number of aromatic nitrogens is 4. The Labute approximate surface area is 225 Å². The van der Waals surface area contributed by atoms with Crippen LogP contribution in [0.4, 0.5) is 0 Å². The molecule has 0 saturated carbocycles. The molecule has 2 N–H and O–H groups in total. The normalized spacial score (nSPS) is 11.2. The number of methoxy groups -OCH3 is 2. The summed E-state index contributed by atoms with van der Waals surface area (Å²) in [6.45, 7) is 0. The first kappa shape index (κ1) is 24.7. The number of nitrogens with one attached hydrogen (secondary N) is 2. The molecule has 6 aromatic rings. The predicted molar refractivity (Wildman–Crippen MR) is 152 cm³/mol. The average molecular weight is 535 g/mol. The summed E-state index contributed by atoms with van der Waals surface area (Å²) in [7, 11) is 3.06. The van der Waals surface area contributed by atoms with Crippen LogP contribution in [-0.2, 0) is 0 Å². The van der Waals surface area contributed by atoms with Crippen molar-refractivity contribution in [1.82, 2.24) is 19.1 Å². The highest BCUT2D eigenvalue weighted by atomic mass is 16.5. The highest BCUT2D eigenvalue weighted by molar-refractivity contribution is 5.88. The standard InChI is InChI=1S/C30H22N4O6/c1-39-21-9-5-19(6-10-21)33-27(35)23-15-17(3-13-25(23)31-29(33)37)18-4-14-26-24(16-18)28(36)34(30(38)32-26)20-7-11-22(40-2)12-8-20/h3-16H,1-2H3,(H,31,37)(H,32,38). The second-order valence-corrected chi connectivity index (χ2v) is 9.06. The first-order valence-corrected chi connectivity index (χ1v) is 12.3. The number of aromatic amines is 2. The molecule has 0 atom stereocenters. The van der Waals surface area contributed by atoms with Gasteiger partial charge in [0.25, 0.3) is 11.1 Å². The fourth-order valence-electron chi connectivity index (χ4n) is 4.72. The molecule has 2 heterocycles. The van der Waals surface area contributed by atoms with Gasteiger partial charge >= 0.3 is 11.4 Å². The van der Waals surface area contributed by atoms with Crippen LogP contribution in [0.1, 0.15) is 0 Å². The number of ether oxygens (including phenoxy) is 2. The maximum Gasteiger partial charge on any atom is 0.333 e. The van der Waals surface area contributed by atoms with Gasteiger partial charge in [0.1, 0.15) is 11.5 Å². The van der Waals surface area contributed by atoms with E-state index < -0.39 is 22.5 Å². The summed E-state index contributed by atoms with van der Waals surface area (Å²) in [6, 6.07) is 23.3. The Balaban J connectivity index is 1.50. The van der Waals surface area contributed by atoms with E-state index in [9.17, 15) is 19.2 Å². The van der Waals surface area contributed by atoms with Gasteiger partial charge in [-0.1, -0.05) is 12.1 Å². The lowest BCUT2D eigenvalue weighted by atomic mass is 10.0. The number of hydrogen-bond acceptors (Lipinski definition) is 6. The summed E-state index contributed by atoms with van der Waals surface area (Å²) in [4.78, 5) is 57.9. The van der Waals surface area contributed by atoms with Gasteiger partial charge in [0, 0.05) is 0 Å². The van der Waals surface area contributed by atoms with Crippen molar-refractivity contribution in [2.45, 2.75) is 0 Å². The molecule has 0 amide bonds. The lowest BCUT2D eigenvalue weighted by molar-refractivity contribution is 0.414. The number of H-pyrrole nitrogens is 2. The molecule has 0 radical (unpaired) electrons. The number of nitrogens with zero attached hydrogens (tertiary/aromatic N) is 2. The van der Waals surface area contributed by atoms with Gasteiger partial charge in [-0.2, -0.15) is 0 Å². The molecule has 4 aromatic carbocycles. The van der Waals surface area contributed by atoms with Crippen molar-refractivity contribution in [1.29, 1.82) is 0 Å². The minimum absolute atomic E-state index is 0.296. The molecule has 0 aliphatic carbocycles. The van der Waals surface area contributed by atoms with Crippen molar-refractivity contribution in [3.8, 4) is 34.0 Å². The van der Waals surface area contributed by atoms with Crippen molar-refractivity contribution in [2.24, 2.45) is 0 Å². The molecule has 0 unspecified atom stereocenters. The van der Waals surface area contributed by atoms with Crippen LogP contribution < -0.4 is 32.0 Å². The van der Waals surface area contributed by atoms with Gasteiger partial charge in [0.15, 0.2) is 0 Å². The fraction of sp³-hybridized carbons (Fsp3) is 0.0667. The summed E-state index contributed by atoms with van der Waals surface area (Å²) in [6.07, 6.45) is 0. The summed E-state index contributed by atoms with van der Waals surface area (Å²) in [5.41, 5.74) is 0.763. The number of fused-ring (bicyclic) bond motifs is 2. The second-order valence-electron chi connectivity index (χ2n) is 9.06. The van der Waals surface area contributed by atoms with Gasteiger partial charge in [-0.15, -0.1) is 0 Å². The second kappa shape index (κ2) is 9.59. The highest BCUT2D eigenvalue weighted by Crippen LogP contribution is 2.25. The largest absolute Gasteiger partial charge is 0.497 e. The van der Waals surface area contributed by atoms with Crippen LogP contribution in [-0.4, -0.2) is 33.3 Å². The molecular weight excluding hydrogens is 512 g/mol. The zero-order chi connectivity index (χ0) is 28.0. The molecule has 0 aliphatic rings. The van der Waals surface area contributed by atoms with Crippen LogP contribution in [0.25, 0.3) is 44.3 Å². The summed E-state index contributed by atoms with van der Waals surface area (Å²) in [5.74, 6) is 1.19. The van der Waals surface area contributed by atoms with Gasteiger partial charge in [0.05, 0.1) is 47.4 Å².